The first-order valence-corrected chi connectivity index (χ1v) is 4.70. The summed E-state index contributed by atoms with van der Waals surface area (Å²) in [6, 6.07) is 9.82. The third-order valence-electron chi connectivity index (χ3n) is 2.47. The van der Waals surface area contributed by atoms with Crippen molar-refractivity contribution in [1.29, 1.82) is 0 Å². The molecule has 3 heteroatoms. The Balaban J connectivity index is 2.62. The Kier molecular flexibility index (Phi) is 3.63. The molecule has 0 saturated carbocycles. The highest BCUT2D eigenvalue weighted by Crippen LogP contribution is 2.11. The monoisotopic (exact) mass is 194 g/mol. The first-order valence-electron chi connectivity index (χ1n) is 4.70. The lowest BCUT2D eigenvalue weighted by Crippen LogP contribution is -2.55. The van der Waals surface area contributed by atoms with Crippen LogP contribution < -0.4 is 11.5 Å². The molecule has 0 fully saturated rings. The molecule has 14 heavy (non-hydrogen) atoms. The highest BCUT2D eigenvalue weighted by molar-refractivity contribution is 5.16. The van der Waals surface area contributed by atoms with Gasteiger partial charge in [-0.2, -0.15) is 0 Å². The molecule has 3 nitrogen and oxygen atoms in total. The molecule has 0 spiro atoms. The van der Waals surface area contributed by atoms with Crippen LogP contribution in [-0.4, -0.2) is 18.9 Å². The lowest BCUT2D eigenvalue weighted by atomic mass is 9.99. The second-order valence-corrected chi connectivity index (χ2v) is 3.68. The largest absolute Gasteiger partial charge is 0.363 e. The molecule has 0 radical (unpaired) electrons. The van der Waals surface area contributed by atoms with Crippen LogP contribution in [0, 0.1) is 0 Å². The summed E-state index contributed by atoms with van der Waals surface area (Å²) in [7, 11) is 1.57. The summed E-state index contributed by atoms with van der Waals surface area (Å²) in [6.45, 7) is 1.79. The zero-order valence-corrected chi connectivity index (χ0v) is 8.73. The molecule has 78 valence electrons. The quantitative estimate of drug-likeness (QED) is 0.699. The highest BCUT2D eigenvalue weighted by atomic mass is 16.5. The van der Waals surface area contributed by atoms with Crippen molar-refractivity contribution in [3.05, 3.63) is 35.9 Å². The van der Waals surface area contributed by atoms with E-state index >= 15 is 0 Å². The average Bonchev–Trinajstić information content (AvgIpc) is 2.19. The van der Waals surface area contributed by atoms with Crippen molar-refractivity contribution in [3.8, 4) is 0 Å². The highest BCUT2D eigenvalue weighted by Gasteiger charge is 2.26. The number of ether oxygens (including phenoxy) is 1. The van der Waals surface area contributed by atoms with Crippen LogP contribution in [0.25, 0.3) is 0 Å². The zero-order chi connectivity index (χ0) is 10.6. The maximum Gasteiger partial charge on any atom is 0.129 e. The topological polar surface area (TPSA) is 61.3 Å². The van der Waals surface area contributed by atoms with Gasteiger partial charge in [0.1, 0.15) is 5.72 Å². The minimum Gasteiger partial charge on any atom is -0.363 e. The molecule has 2 atom stereocenters. The smallest absolute Gasteiger partial charge is 0.129 e. The summed E-state index contributed by atoms with van der Waals surface area (Å²) >= 11 is 0. The summed E-state index contributed by atoms with van der Waals surface area (Å²) in [4.78, 5) is 0. The average molecular weight is 194 g/mol. The van der Waals surface area contributed by atoms with Crippen molar-refractivity contribution in [2.75, 3.05) is 7.11 Å². The van der Waals surface area contributed by atoms with Gasteiger partial charge in [0.25, 0.3) is 0 Å². The molecule has 1 aromatic carbocycles. The van der Waals surface area contributed by atoms with E-state index in [-0.39, 0.29) is 6.04 Å². The Morgan fingerprint density at radius 1 is 1.36 bits per heavy atom. The van der Waals surface area contributed by atoms with Crippen molar-refractivity contribution in [2.24, 2.45) is 11.5 Å². The lowest BCUT2D eigenvalue weighted by molar-refractivity contribution is -0.0100. The van der Waals surface area contributed by atoms with Gasteiger partial charge in [-0.15, -0.1) is 0 Å². The van der Waals surface area contributed by atoms with E-state index in [2.05, 4.69) is 0 Å². The molecule has 4 N–H and O–H groups in total. The molecule has 0 aliphatic carbocycles. The van der Waals surface area contributed by atoms with Gasteiger partial charge in [-0.25, -0.2) is 0 Å². The number of hydrogen-bond donors (Lipinski definition) is 2. The molecule has 1 aromatic rings. The van der Waals surface area contributed by atoms with Gasteiger partial charge in [0.15, 0.2) is 0 Å². The Morgan fingerprint density at radius 2 is 1.93 bits per heavy atom. The maximum atomic E-state index is 5.94. The number of methoxy groups -OCH3 is 1. The van der Waals surface area contributed by atoms with Crippen LogP contribution in [-0.2, 0) is 11.2 Å². The fourth-order valence-corrected chi connectivity index (χ4v) is 1.22. The summed E-state index contributed by atoms with van der Waals surface area (Å²) in [5.41, 5.74) is 12.2. The number of hydrogen-bond acceptors (Lipinski definition) is 3. The Bertz CT molecular complexity index is 272. The Hall–Kier alpha value is -0.900. The number of rotatable bonds is 4. The van der Waals surface area contributed by atoms with Crippen molar-refractivity contribution in [3.63, 3.8) is 0 Å². The minimum absolute atomic E-state index is 0.199. The van der Waals surface area contributed by atoms with Crippen LogP contribution in [0.1, 0.15) is 12.5 Å². The van der Waals surface area contributed by atoms with Gasteiger partial charge in [-0.05, 0) is 18.9 Å². The van der Waals surface area contributed by atoms with E-state index in [1.54, 1.807) is 14.0 Å². The third kappa shape index (κ3) is 2.80. The number of benzene rings is 1. The normalized spacial score (nSPS) is 17.4. The standard InChI is InChI=1S/C11H18N2O/c1-11(13,14-2)10(12)8-9-6-4-3-5-7-9/h3-7,10H,8,12-13H2,1-2H3. The maximum absolute atomic E-state index is 5.94. The van der Waals surface area contributed by atoms with Crippen molar-refractivity contribution in [2.45, 2.75) is 25.1 Å². The first kappa shape index (κ1) is 11.2. The molecular weight excluding hydrogens is 176 g/mol. The molecule has 0 amide bonds. The fourth-order valence-electron chi connectivity index (χ4n) is 1.22. The van der Waals surface area contributed by atoms with E-state index in [1.165, 1.54) is 5.56 Å². The van der Waals surface area contributed by atoms with E-state index in [4.69, 9.17) is 16.2 Å². The molecule has 1 rings (SSSR count). The molecule has 0 heterocycles. The van der Waals surface area contributed by atoms with E-state index < -0.39 is 5.72 Å². The van der Waals surface area contributed by atoms with E-state index in [0.29, 0.717) is 0 Å². The summed E-state index contributed by atoms with van der Waals surface area (Å²) < 4.78 is 5.12. The SMILES string of the molecule is COC(C)(N)C(N)Cc1ccccc1. The minimum atomic E-state index is -0.768. The van der Waals surface area contributed by atoms with Gasteiger partial charge in [-0.3, -0.25) is 0 Å². The molecule has 0 saturated heterocycles. The molecule has 2 unspecified atom stereocenters. The van der Waals surface area contributed by atoms with E-state index in [1.807, 2.05) is 30.3 Å². The molecule has 0 aromatic heterocycles. The lowest BCUT2D eigenvalue weighted by Gasteiger charge is -2.29. The Morgan fingerprint density at radius 3 is 2.43 bits per heavy atom. The third-order valence-corrected chi connectivity index (χ3v) is 2.47. The summed E-state index contributed by atoms with van der Waals surface area (Å²) in [5.74, 6) is 0. The van der Waals surface area contributed by atoms with Gasteiger partial charge in [0.05, 0.1) is 6.04 Å². The predicted octanol–water partition coefficient (Wildman–Crippen LogP) is 0.878. The molecule has 0 aliphatic heterocycles. The van der Waals surface area contributed by atoms with Gasteiger partial charge in [0, 0.05) is 7.11 Å². The molecular formula is C11H18N2O. The van der Waals surface area contributed by atoms with Gasteiger partial charge < -0.3 is 16.2 Å². The van der Waals surface area contributed by atoms with Crippen molar-refractivity contribution >= 4 is 0 Å². The van der Waals surface area contributed by atoms with Crippen molar-refractivity contribution < 1.29 is 4.74 Å². The second kappa shape index (κ2) is 4.55. The molecule has 0 bridgehead atoms. The van der Waals surface area contributed by atoms with Crippen molar-refractivity contribution in [1.82, 2.24) is 0 Å². The van der Waals surface area contributed by atoms with Crippen LogP contribution >= 0.6 is 0 Å². The van der Waals surface area contributed by atoms with E-state index in [0.717, 1.165) is 6.42 Å². The predicted molar refractivity (Wildman–Crippen MR) is 57.7 cm³/mol. The fraction of sp³-hybridized carbons (Fsp3) is 0.455. The summed E-state index contributed by atoms with van der Waals surface area (Å²) in [6.07, 6.45) is 0.724. The van der Waals surface area contributed by atoms with Gasteiger partial charge in [0.2, 0.25) is 0 Å². The van der Waals surface area contributed by atoms with Gasteiger partial charge in [-0.1, -0.05) is 30.3 Å². The van der Waals surface area contributed by atoms with Crippen LogP contribution in [0.15, 0.2) is 30.3 Å². The second-order valence-electron chi connectivity index (χ2n) is 3.68. The number of nitrogens with two attached hydrogens (primary N) is 2. The van der Waals surface area contributed by atoms with Crippen LogP contribution in [0.3, 0.4) is 0 Å². The molecule has 0 aliphatic rings. The van der Waals surface area contributed by atoms with Crippen LogP contribution in [0.2, 0.25) is 0 Å². The zero-order valence-electron chi connectivity index (χ0n) is 8.73. The van der Waals surface area contributed by atoms with Crippen LogP contribution in [0.4, 0.5) is 0 Å². The van der Waals surface area contributed by atoms with Gasteiger partial charge >= 0.3 is 0 Å². The first-order chi connectivity index (χ1) is 6.56. The summed E-state index contributed by atoms with van der Waals surface area (Å²) in [5, 5.41) is 0. The van der Waals surface area contributed by atoms with Crippen LogP contribution in [0.5, 0.6) is 0 Å². The van der Waals surface area contributed by atoms with E-state index in [9.17, 15) is 0 Å². The Labute approximate surface area is 85.0 Å².